The predicted molar refractivity (Wildman–Crippen MR) is 71.7 cm³/mol. The van der Waals surface area contributed by atoms with E-state index < -0.39 is 0 Å². The summed E-state index contributed by atoms with van der Waals surface area (Å²) in [6.45, 7) is 4.51. The molecule has 1 atom stereocenters. The molecule has 3 nitrogen and oxygen atoms in total. The van der Waals surface area contributed by atoms with Gasteiger partial charge >= 0.3 is 5.97 Å². The average molecular weight is 250 g/mol. The maximum atomic E-state index is 11.7. The number of rotatable bonds is 7. The molecule has 0 aliphatic rings. The molecule has 0 aliphatic carbocycles. The van der Waals surface area contributed by atoms with Crippen LogP contribution < -0.4 is 4.74 Å². The Balaban J connectivity index is 2.42. The molecule has 0 aromatic heterocycles. The summed E-state index contributed by atoms with van der Waals surface area (Å²) in [5.74, 6) is 0.617. The molecule has 0 aliphatic heterocycles. The Morgan fingerprint density at radius 3 is 2.50 bits per heavy atom. The normalized spacial score (nSPS) is 11.9. The molecule has 0 saturated heterocycles. The molecule has 1 aromatic rings. The van der Waals surface area contributed by atoms with Gasteiger partial charge in [0.15, 0.2) is 0 Å². The van der Waals surface area contributed by atoms with E-state index >= 15 is 0 Å². The zero-order chi connectivity index (χ0) is 13.4. The maximum Gasteiger partial charge on any atom is 0.308 e. The second-order valence-corrected chi connectivity index (χ2v) is 4.47. The molecular formula is C15H22O3. The zero-order valence-electron chi connectivity index (χ0n) is 11.4. The lowest BCUT2D eigenvalue weighted by molar-refractivity contribution is -0.148. The van der Waals surface area contributed by atoms with E-state index in [9.17, 15) is 4.79 Å². The summed E-state index contributed by atoms with van der Waals surface area (Å²) in [7, 11) is 1.64. The summed E-state index contributed by atoms with van der Waals surface area (Å²) in [6, 6.07) is 7.78. The van der Waals surface area contributed by atoms with Crippen molar-refractivity contribution in [2.75, 3.05) is 13.7 Å². The Morgan fingerprint density at radius 1 is 1.28 bits per heavy atom. The van der Waals surface area contributed by atoms with Crippen LogP contribution in [0.4, 0.5) is 0 Å². The standard InChI is InChI=1S/C15H22O3/c1-4-5-10-18-15(16)12(2)11-13-6-8-14(17-3)9-7-13/h6-9,12H,4-5,10-11H2,1-3H3. The van der Waals surface area contributed by atoms with Crippen LogP contribution in [0, 0.1) is 5.92 Å². The van der Waals surface area contributed by atoms with E-state index in [1.54, 1.807) is 7.11 Å². The molecule has 0 saturated carbocycles. The molecule has 18 heavy (non-hydrogen) atoms. The third-order valence-electron chi connectivity index (χ3n) is 2.85. The highest BCUT2D eigenvalue weighted by atomic mass is 16.5. The summed E-state index contributed by atoms with van der Waals surface area (Å²) in [5.41, 5.74) is 1.12. The van der Waals surface area contributed by atoms with Gasteiger partial charge in [0.05, 0.1) is 19.6 Å². The Hall–Kier alpha value is -1.51. The molecule has 0 heterocycles. The van der Waals surface area contributed by atoms with Crippen LogP contribution in [0.15, 0.2) is 24.3 Å². The minimum Gasteiger partial charge on any atom is -0.497 e. The summed E-state index contributed by atoms with van der Waals surface area (Å²) in [5, 5.41) is 0. The van der Waals surface area contributed by atoms with Gasteiger partial charge in [-0.15, -0.1) is 0 Å². The molecule has 0 bridgehead atoms. The monoisotopic (exact) mass is 250 g/mol. The van der Waals surface area contributed by atoms with Crippen LogP contribution in [0.1, 0.15) is 32.3 Å². The highest BCUT2D eigenvalue weighted by Crippen LogP contribution is 2.15. The van der Waals surface area contributed by atoms with Crippen molar-refractivity contribution in [1.29, 1.82) is 0 Å². The topological polar surface area (TPSA) is 35.5 Å². The number of hydrogen-bond donors (Lipinski definition) is 0. The van der Waals surface area contributed by atoms with Crippen molar-refractivity contribution in [3.05, 3.63) is 29.8 Å². The third-order valence-corrected chi connectivity index (χ3v) is 2.85. The lowest BCUT2D eigenvalue weighted by Crippen LogP contribution is -2.17. The van der Waals surface area contributed by atoms with E-state index in [0.717, 1.165) is 24.2 Å². The van der Waals surface area contributed by atoms with Gasteiger partial charge in [-0.2, -0.15) is 0 Å². The minimum atomic E-state index is -0.112. The van der Waals surface area contributed by atoms with Crippen molar-refractivity contribution in [3.8, 4) is 5.75 Å². The van der Waals surface area contributed by atoms with Crippen molar-refractivity contribution in [1.82, 2.24) is 0 Å². The second kappa shape index (κ2) is 7.75. The molecular weight excluding hydrogens is 228 g/mol. The van der Waals surface area contributed by atoms with Gasteiger partial charge in [-0.05, 0) is 30.5 Å². The number of esters is 1. The molecule has 1 unspecified atom stereocenters. The largest absolute Gasteiger partial charge is 0.497 e. The van der Waals surface area contributed by atoms with Crippen LogP contribution in [0.5, 0.6) is 5.75 Å². The molecule has 1 rings (SSSR count). The quantitative estimate of drug-likeness (QED) is 0.550. The number of ether oxygens (including phenoxy) is 2. The molecule has 0 fully saturated rings. The van der Waals surface area contributed by atoms with Crippen LogP contribution in [-0.2, 0) is 16.0 Å². The SMILES string of the molecule is CCCCOC(=O)C(C)Cc1ccc(OC)cc1. The van der Waals surface area contributed by atoms with Gasteiger partial charge in [-0.1, -0.05) is 32.4 Å². The number of methoxy groups -OCH3 is 1. The summed E-state index contributed by atoms with van der Waals surface area (Å²) in [6.07, 6.45) is 2.68. The number of benzene rings is 1. The van der Waals surface area contributed by atoms with E-state index in [4.69, 9.17) is 9.47 Å². The van der Waals surface area contributed by atoms with Crippen LogP contribution in [0.25, 0.3) is 0 Å². The highest BCUT2D eigenvalue weighted by molar-refractivity contribution is 5.72. The summed E-state index contributed by atoms with van der Waals surface area (Å²) in [4.78, 5) is 11.7. The first-order valence-electron chi connectivity index (χ1n) is 6.47. The average Bonchev–Trinajstić information content (AvgIpc) is 2.39. The minimum absolute atomic E-state index is 0.102. The third kappa shape index (κ3) is 4.78. The van der Waals surface area contributed by atoms with Crippen molar-refractivity contribution >= 4 is 5.97 Å². The Labute approximate surface area is 109 Å². The van der Waals surface area contributed by atoms with Gasteiger partial charge in [-0.3, -0.25) is 4.79 Å². The molecule has 3 heteroatoms. The van der Waals surface area contributed by atoms with Crippen LogP contribution in [0.3, 0.4) is 0 Å². The fraction of sp³-hybridized carbons (Fsp3) is 0.533. The van der Waals surface area contributed by atoms with Crippen LogP contribution in [0.2, 0.25) is 0 Å². The van der Waals surface area contributed by atoms with Crippen molar-refractivity contribution in [2.45, 2.75) is 33.1 Å². The predicted octanol–water partition coefficient (Wildman–Crippen LogP) is 3.22. The van der Waals surface area contributed by atoms with Gasteiger partial charge in [0, 0.05) is 0 Å². The van der Waals surface area contributed by atoms with E-state index in [2.05, 4.69) is 6.92 Å². The zero-order valence-corrected chi connectivity index (χ0v) is 11.4. The summed E-state index contributed by atoms with van der Waals surface area (Å²) >= 11 is 0. The fourth-order valence-corrected chi connectivity index (χ4v) is 1.66. The molecule has 0 spiro atoms. The van der Waals surface area contributed by atoms with Gasteiger partial charge in [0.2, 0.25) is 0 Å². The van der Waals surface area contributed by atoms with Crippen molar-refractivity contribution in [3.63, 3.8) is 0 Å². The molecule has 0 radical (unpaired) electrons. The van der Waals surface area contributed by atoms with Crippen molar-refractivity contribution < 1.29 is 14.3 Å². The smallest absolute Gasteiger partial charge is 0.308 e. The van der Waals surface area contributed by atoms with Gasteiger partial charge in [0.1, 0.15) is 5.75 Å². The van der Waals surface area contributed by atoms with Crippen LogP contribution >= 0.6 is 0 Å². The second-order valence-electron chi connectivity index (χ2n) is 4.47. The number of carbonyl (C=O) groups excluding carboxylic acids is 1. The van der Waals surface area contributed by atoms with Crippen LogP contribution in [-0.4, -0.2) is 19.7 Å². The first-order valence-corrected chi connectivity index (χ1v) is 6.47. The number of hydrogen-bond acceptors (Lipinski definition) is 3. The fourth-order valence-electron chi connectivity index (χ4n) is 1.66. The molecule has 0 amide bonds. The van der Waals surface area contributed by atoms with Gasteiger partial charge in [0.25, 0.3) is 0 Å². The van der Waals surface area contributed by atoms with E-state index in [0.29, 0.717) is 13.0 Å². The van der Waals surface area contributed by atoms with E-state index in [-0.39, 0.29) is 11.9 Å². The molecule has 1 aromatic carbocycles. The van der Waals surface area contributed by atoms with E-state index in [1.165, 1.54) is 0 Å². The lowest BCUT2D eigenvalue weighted by atomic mass is 10.0. The molecule has 0 N–H and O–H groups in total. The van der Waals surface area contributed by atoms with Gasteiger partial charge < -0.3 is 9.47 Å². The number of carbonyl (C=O) groups is 1. The van der Waals surface area contributed by atoms with Gasteiger partial charge in [-0.25, -0.2) is 0 Å². The summed E-state index contributed by atoms with van der Waals surface area (Å²) < 4.78 is 10.3. The lowest BCUT2D eigenvalue weighted by Gasteiger charge is -2.11. The Kier molecular flexibility index (Phi) is 6.26. The number of unbranched alkanes of at least 4 members (excludes halogenated alkanes) is 1. The highest BCUT2D eigenvalue weighted by Gasteiger charge is 2.14. The Bertz CT molecular complexity index is 357. The van der Waals surface area contributed by atoms with E-state index in [1.807, 2.05) is 31.2 Å². The Morgan fingerprint density at radius 2 is 1.94 bits per heavy atom. The molecule has 100 valence electrons. The maximum absolute atomic E-state index is 11.7. The van der Waals surface area contributed by atoms with Crippen molar-refractivity contribution in [2.24, 2.45) is 5.92 Å². The first kappa shape index (κ1) is 14.6. The first-order chi connectivity index (χ1) is 8.67.